The molecular weight excluding hydrogens is 166 g/mol. The molecule has 3 atom stereocenters. The SMILES string of the molecule is CCCCN1[C@H](C(=O)OCC)[C@@H]1C. The highest BCUT2D eigenvalue weighted by Crippen LogP contribution is 2.28. The Kier molecular flexibility index (Phi) is 3.72. The van der Waals surface area contributed by atoms with Gasteiger partial charge in [-0.25, -0.2) is 0 Å². The molecule has 1 heterocycles. The van der Waals surface area contributed by atoms with Crippen molar-refractivity contribution in [3.05, 3.63) is 0 Å². The molecule has 0 bridgehead atoms. The Balaban J connectivity index is 2.26. The van der Waals surface area contributed by atoms with Crippen LogP contribution in [-0.4, -0.2) is 36.1 Å². The second-order valence-corrected chi connectivity index (χ2v) is 3.53. The lowest BCUT2D eigenvalue weighted by Crippen LogP contribution is -2.16. The third-order valence-electron chi connectivity index (χ3n) is 2.55. The Morgan fingerprint density at radius 1 is 1.46 bits per heavy atom. The number of esters is 1. The van der Waals surface area contributed by atoms with Gasteiger partial charge in [-0.3, -0.25) is 9.69 Å². The number of rotatable bonds is 5. The van der Waals surface area contributed by atoms with E-state index in [2.05, 4.69) is 18.7 Å². The molecule has 0 aromatic rings. The molecule has 13 heavy (non-hydrogen) atoms. The normalized spacial score (nSPS) is 31.5. The minimum absolute atomic E-state index is 0.0477. The summed E-state index contributed by atoms with van der Waals surface area (Å²) in [5.41, 5.74) is 0. The summed E-state index contributed by atoms with van der Waals surface area (Å²) in [4.78, 5) is 13.5. The van der Waals surface area contributed by atoms with Crippen LogP contribution in [0.15, 0.2) is 0 Å². The van der Waals surface area contributed by atoms with Crippen molar-refractivity contribution in [3.8, 4) is 0 Å². The number of carbonyl (C=O) groups is 1. The summed E-state index contributed by atoms with van der Waals surface area (Å²) < 4.78 is 4.97. The van der Waals surface area contributed by atoms with Gasteiger partial charge in [-0.05, 0) is 26.8 Å². The summed E-state index contributed by atoms with van der Waals surface area (Å²) >= 11 is 0. The van der Waals surface area contributed by atoms with Gasteiger partial charge >= 0.3 is 5.97 Å². The summed E-state index contributed by atoms with van der Waals surface area (Å²) in [6, 6.07) is 0.442. The smallest absolute Gasteiger partial charge is 0.324 e. The van der Waals surface area contributed by atoms with Crippen molar-refractivity contribution in [1.82, 2.24) is 4.90 Å². The summed E-state index contributed by atoms with van der Waals surface area (Å²) in [6.45, 7) is 7.61. The molecule has 1 saturated heterocycles. The first-order valence-corrected chi connectivity index (χ1v) is 5.14. The first-order chi connectivity index (χ1) is 6.22. The highest BCUT2D eigenvalue weighted by molar-refractivity contribution is 5.80. The van der Waals surface area contributed by atoms with Crippen molar-refractivity contribution in [2.75, 3.05) is 13.2 Å². The number of ether oxygens (including phenoxy) is 1. The Bertz CT molecular complexity index is 182. The predicted molar refractivity (Wildman–Crippen MR) is 51.5 cm³/mol. The molecule has 1 aliphatic heterocycles. The highest BCUT2D eigenvalue weighted by atomic mass is 16.5. The van der Waals surface area contributed by atoms with Crippen LogP contribution in [0, 0.1) is 0 Å². The van der Waals surface area contributed by atoms with E-state index in [4.69, 9.17) is 4.74 Å². The molecule has 3 heteroatoms. The zero-order valence-corrected chi connectivity index (χ0v) is 8.75. The molecule has 0 spiro atoms. The van der Waals surface area contributed by atoms with Gasteiger partial charge in [-0.15, -0.1) is 0 Å². The number of unbranched alkanes of at least 4 members (excludes halogenated alkanes) is 1. The lowest BCUT2D eigenvalue weighted by atomic mass is 10.3. The third-order valence-corrected chi connectivity index (χ3v) is 2.55. The molecule has 1 unspecified atom stereocenters. The zero-order chi connectivity index (χ0) is 9.84. The molecule has 0 radical (unpaired) electrons. The van der Waals surface area contributed by atoms with Gasteiger partial charge in [0.15, 0.2) is 0 Å². The van der Waals surface area contributed by atoms with E-state index in [9.17, 15) is 4.79 Å². The summed E-state index contributed by atoms with van der Waals surface area (Å²) in [5.74, 6) is -0.0499. The minimum atomic E-state index is -0.0499. The van der Waals surface area contributed by atoms with Gasteiger partial charge in [-0.1, -0.05) is 13.3 Å². The number of carbonyl (C=O) groups excluding carboxylic acids is 1. The van der Waals surface area contributed by atoms with Crippen molar-refractivity contribution in [3.63, 3.8) is 0 Å². The maximum Gasteiger partial charge on any atom is 0.324 e. The first-order valence-electron chi connectivity index (χ1n) is 5.14. The molecule has 0 aromatic carbocycles. The van der Waals surface area contributed by atoms with Gasteiger partial charge in [-0.2, -0.15) is 0 Å². The monoisotopic (exact) mass is 185 g/mol. The van der Waals surface area contributed by atoms with E-state index >= 15 is 0 Å². The van der Waals surface area contributed by atoms with E-state index in [-0.39, 0.29) is 12.0 Å². The Morgan fingerprint density at radius 2 is 2.15 bits per heavy atom. The van der Waals surface area contributed by atoms with E-state index in [1.54, 1.807) is 0 Å². The second kappa shape index (κ2) is 4.61. The topological polar surface area (TPSA) is 29.3 Å². The number of hydrogen-bond acceptors (Lipinski definition) is 3. The molecular formula is C10H19NO2. The predicted octanol–water partition coefficient (Wildman–Crippen LogP) is 1.42. The molecule has 1 aliphatic rings. The van der Waals surface area contributed by atoms with E-state index in [1.807, 2.05) is 6.92 Å². The fraction of sp³-hybridized carbons (Fsp3) is 0.900. The van der Waals surface area contributed by atoms with Crippen LogP contribution >= 0.6 is 0 Å². The fourth-order valence-electron chi connectivity index (χ4n) is 1.65. The van der Waals surface area contributed by atoms with Crippen LogP contribution in [-0.2, 0) is 9.53 Å². The maximum absolute atomic E-state index is 11.3. The van der Waals surface area contributed by atoms with E-state index < -0.39 is 0 Å². The lowest BCUT2D eigenvalue weighted by Gasteiger charge is -2.01. The maximum atomic E-state index is 11.3. The number of hydrogen-bond donors (Lipinski definition) is 0. The highest BCUT2D eigenvalue weighted by Gasteiger charge is 2.49. The first kappa shape index (κ1) is 10.5. The quantitative estimate of drug-likeness (QED) is 0.479. The van der Waals surface area contributed by atoms with Crippen LogP contribution in [0.2, 0.25) is 0 Å². The Hall–Kier alpha value is -0.570. The van der Waals surface area contributed by atoms with Gasteiger partial charge in [0.1, 0.15) is 6.04 Å². The minimum Gasteiger partial charge on any atom is -0.465 e. The van der Waals surface area contributed by atoms with Gasteiger partial charge in [0.05, 0.1) is 6.61 Å². The second-order valence-electron chi connectivity index (χ2n) is 3.53. The fourth-order valence-corrected chi connectivity index (χ4v) is 1.65. The Labute approximate surface area is 80.1 Å². The molecule has 0 aromatic heterocycles. The van der Waals surface area contributed by atoms with E-state index in [0.717, 1.165) is 6.54 Å². The van der Waals surface area contributed by atoms with Crippen molar-refractivity contribution in [2.24, 2.45) is 0 Å². The molecule has 0 aliphatic carbocycles. The van der Waals surface area contributed by atoms with Crippen LogP contribution in [0.4, 0.5) is 0 Å². The van der Waals surface area contributed by atoms with Gasteiger partial charge < -0.3 is 4.74 Å². The van der Waals surface area contributed by atoms with Crippen LogP contribution < -0.4 is 0 Å². The largest absolute Gasteiger partial charge is 0.465 e. The Morgan fingerprint density at radius 3 is 2.69 bits per heavy atom. The molecule has 0 saturated carbocycles. The van der Waals surface area contributed by atoms with Crippen LogP contribution in [0.3, 0.4) is 0 Å². The summed E-state index contributed by atoms with van der Waals surface area (Å²) in [5, 5.41) is 0. The van der Waals surface area contributed by atoms with Gasteiger partial charge in [0.2, 0.25) is 0 Å². The van der Waals surface area contributed by atoms with Gasteiger partial charge in [0.25, 0.3) is 0 Å². The van der Waals surface area contributed by atoms with Crippen LogP contribution in [0.5, 0.6) is 0 Å². The number of nitrogens with zero attached hydrogens (tertiary/aromatic N) is 1. The average Bonchev–Trinajstić information content (AvgIpc) is 2.73. The third kappa shape index (κ3) is 2.44. The van der Waals surface area contributed by atoms with Crippen LogP contribution in [0.1, 0.15) is 33.6 Å². The molecule has 1 fully saturated rings. The van der Waals surface area contributed by atoms with Gasteiger partial charge in [0, 0.05) is 6.04 Å². The van der Waals surface area contributed by atoms with Crippen molar-refractivity contribution in [1.29, 1.82) is 0 Å². The standard InChI is InChI=1S/C10H19NO2/c1-4-6-7-11-8(3)9(11)10(12)13-5-2/h8-9H,4-7H2,1-3H3/t8-,9-,11?/m0/s1. The van der Waals surface area contributed by atoms with Crippen LogP contribution in [0.25, 0.3) is 0 Å². The van der Waals surface area contributed by atoms with Crippen molar-refractivity contribution >= 4 is 5.97 Å². The lowest BCUT2D eigenvalue weighted by molar-refractivity contribution is -0.143. The molecule has 0 N–H and O–H groups in total. The molecule has 3 nitrogen and oxygen atoms in total. The summed E-state index contributed by atoms with van der Waals surface area (Å²) in [7, 11) is 0. The van der Waals surface area contributed by atoms with Crippen molar-refractivity contribution < 1.29 is 9.53 Å². The molecule has 0 amide bonds. The molecule has 76 valence electrons. The summed E-state index contributed by atoms with van der Waals surface area (Å²) in [6.07, 6.45) is 2.35. The zero-order valence-electron chi connectivity index (χ0n) is 8.75. The van der Waals surface area contributed by atoms with E-state index in [1.165, 1.54) is 12.8 Å². The molecule has 1 rings (SSSR count). The average molecular weight is 185 g/mol. The van der Waals surface area contributed by atoms with E-state index in [0.29, 0.717) is 12.6 Å². The van der Waals surface area contributed by atoms with Crippen molar-refractivity contribution in [2.45, 2.75) is 45.7 Å².